The maximum absolute atomic E-state index is 11.1. The maximum atomic E-state index is 11.1. The highest BCUT2D eigenvalue weighted by atomic mass is 32.1. The summed E-state index contributed by atoms with van der Waals surface area (Å²) in [7, 11) is 0. The molecule has 1 aliphatic rings. The largest absolute Gasteiger partial charge is 0.419 e. The van der Waals surface area contributed by atoms with Crippen molar-refractivity contribution in [3.05, 3.63) is 0 Å². The van der Waals surface area contributed by atoms with E-state index in [1.807, 2.05) is 0 Å². The van der Waals surface area contributed by atoms with E-state index in [0.29, 0.717) is 11.5 Å². The van der Waals surface area contributed by atoms with E-state index < -0.39 is 0 Å². The Labute approximate surface area is 161 Å². The third-order valence-electron chi connectivity index (χ3n) is 5.37. The Morgan fingerprint density at radius 2 is 1.16 bits per heavy atom. The molecule has 25 heavy (non-hydrogen) atoms. The zero-order valence-electron chi connectivity index (χ0n) is 16.5. The molecule has 0 aromatic heterocycles. The highest BCUT2D eigenvalue weighted by Crippen LogP contribution is 2.24. The first-order valence-electron chi connectivity index (χ1n) is 11.0. The van der Waals surface area contributed by atoms with Crippen LogP contribution in [-0.2, 0) is 9.53 Å². The average Bonchev–Trinajstić information content (AvgIpc) is 2.92. The van der Waals surface area contributed by atoms with Crippen molar-refractivity contribution < 1.29 is 9.53 Å². The van der Waals surface area contributed by atoms with Gasteiger partial charge in [0.15, 0.2) is 5.05 Å². The first-order chi connectivity index (χ1) is 12.2. The van der Waals surface area contributed by atoms with Crippen LogP contribution in [0.3, 0.4) is 0 Å². The molecule has 1 heterocycles. The summed E-state index contributed by atoms with van der Waals surface area (Å²) in [4.78, 5) is 11.1. The summed E-state index contributed by atoms with van der Waals surface area (Å²) < 4.78 is 4.95. The second-order valence-corrected chi connectivity index (χ2v) is 8.19. The minimum absolute atomic E-state index is 0.133. The van der Waals surface area contributed by atoms with E-state index in [4.69, 9.17) is 17.0 Å². The molecule has 0 N–H and O–H groups in total. The van der Waals surface area contributed by atoms with Crippen molar-refractivity contribution in [3.8, 4) is 0 Å². The van der Waals surface area contributed by atoms with E-state index in [2.05, 4.69) is 6.92 Å². The third kappa shape index (κ3) is 12.5. The molecule has 0 aromatic carbocycles. The summed E-state index contributed by atoms with van der Waals surface area (Å²) in [5.41, 5.74) is 0. The van der Waals surface area contributed by atoms with E-state index >= 15 is 0 Å². The fourth-order valence-electron chi connectivity index (χ4n) is 3.68. The summed E-state index contributed by atoms with van der Waals surface area (Å²) in [6.45, 7) is 2.28. The van der Waals surface area contributed by atoms with Gasteiger partial charge in [-0.1, -0.05) is 110 Å². The van der Waals surface area contributed by atoms with E-state index in [0.717, 1.165) is 6.42 Å². The Morgan fingerprint density at radius 3 is 1.52 bits per heavy atom. The number of thiocarbonyl (C=S) groups is 1. The molecule has 0 radical (unpaired) electrons. The molecular weight excluding hydrogens is 328 g/mol. The van der Waals surface area contributed by atoms with Crippen molar-refractivity contribution in [2.45, 2.75) is 122 Å². The lowest BCUT2D eigenvalue weighted by atomic mass is 9.99. The molecule has 0 aliphatic carbocycles. The Morgan fingerprint density at radius 1 is 0.760 bits per heavy atom. The SMILES string of the molecule is CCCCCCCCCCCCCCCCCCC1CC(=O)OC1=S. The molecule has 1 aliphatic heterocycles. The number of rotatable bonds is 17. The standard InChI is InChI=1S/C22H40O2S/c1-2-3-4-5-6-7-8-9-10-11-12-13-14-15-16-17-18-20-19-21(23)24-22(20)25/h20H,2-19H2,1H3. The fourth-order valence-corrected chi connectivity index (χ4v) is 3.97. The number of ether oxygens (including phenoxy) is 1. The summed E-state index contributed by atoms with van der Waals surface area (Å²) in [6, 6.07) is 0. The molecule has 2 nitrogen and oxygen atoms in total. The first-order valence-corrected chi connectivity index (χ1v) is 11.4. The molecular formula is C22H40O2S. The molecule has 1 unspecified atom stereocenters. The van der Waals surface area contributed by atoms with Crippen LogP contribution in [0.1, 0.15) is 122 Å². The molecule has 0 aromatic rings. The maximum Gasteiger partial charge on any atom is 0.312 e. The van der Waals surface area contributed by atoms with Gasteiger partial charge in [0.2, 0.25) is 0 Å². The number of carbonyl (C=O) groups is 1. The van der Waals surface area contributed by atoms with Crippen LogP contribution in [0.25, 0.3) is 0 Å². The summed E-state index contributed by atoms with van der Waals surface area (Å²) in [6.07, 6.45) is 23.8. The van der Waals surface area contributed by atoms with Crippen LogP contribution in [0.2, 0.25) is 0 Å². The van der Waals surface area contributed by atoms with E-state index in [9.17, 15) is 4.79 Å². The Kier molecular flexibility index (Phi) is 14.3. The summed E-state index contributed by atoms with van der Waals surface area (Å²) in [5, 5.41) is 0.533. The molecule has 1 rings (SSSR count). The quantitative estimate of drug-likeness (QED) is 0.151. The number of hydrogen-bond donors (Lipinski definition) is 0. The normalized spacial score (nSPS) is 17.2. The average molecular weight is 369 g/mol. The van der Waals surface area contributed by atoms with Gasteiger partial charge in [0.1, 0.15) is 0 Å². The van der Waals surface area contributed by atoms with E-state index in [-0.39, 0.29) is 11.9 Å². The molecule has 0 bridgehead atoms. The second-order valence-electron chi connectivity index (χ2n) is 7.79. The Bertz CT molecular complexity index is 354. The lowest BCUT2D eigenvalue weighted by molar-refractivity contribution is -0.133. The number of esters is 1. The van der Waals surface area contributed by atoms with Gasteiger partial charge in [-0.05, 0) is 18.6 Å². The van der Waals surface area contributed by atoms with Gasteiger partial charge in [-0.3, -0.25) is 4.79 Å². The molecule has 1 fully saturated rings. The number of unbranched alkanes of at least 4 members (excludes halogenated alkanes) is 15. The minimum atomic E-state index is -0.133. The number of hydrogen-bond acceptors (Lipinski definition) is 3. The smallest absolute Gasteiger partial charge is 0.312 e. The van der Waals surface area contributed by atoms with Gasteiger partial charge in [0.25, 0.3) is 0 Å². The van der Waals surface area contributed by atoms with Gasteiger partial charge in [-0.2, -0.15) is 0 Å². The predicted octanol–water partition coefficient (Wildman–Crippen LogP) is 7.53. The van der Waals surface area contributed by atoms with Crippen molar-refractivity contribution in [2.75, 3.05) is 0 Å². The van der Waals surface area contributed by atoms with Gasteiger partial charge < -0.3 is 4.74 Å². The predicted molar refractivity (Wildman–Crippen MR) is 111 cm³/mol. The summed E-state index contributed by atoms with van der Waals surface area (Å²) in [5.74, 6) is 0.0839. The monoisotopic (exact) mass is 368 g/mol. The van der Waals surface area contributed by atoms with Crippen LogP contribution in [0.5, 0.6) is 0 Å². The highest BCUT2D eigenvalue weighted by Gasteiger charge is 2.28. The zero-order valence-corrected chi connectivity index (χ0v) is 17.3. The van der Waals surface area contributed by atoms with Gasteiger partial charge in [0.05, 0.1) is 6.42 Å². The zero-order chi connectivity index (χ0) is 18.2. The van der Waals surface area contributed by atoms with Crippen LogP contribution >= 0.6 is 12.2 Å². The summed E-state index contributed by atoms with van der Waals surface area (Å²) >= 11 is 5.08. The van der Waals surface area contributed by atoms with Gasteiger partial charge in [-0.25, -0.2) is 0 Å². The lowest BCUT2D eigenvalue weighted by Crippen LogP contribution is -2.04. The van der Waals surface area contributed by atoms with Crippen LogP contribution in [0, 0.1) is 5.92 Å². The van der Waals surface area contributed by atoms with Gasteiger partial charge in [0, 0.05) is 5.92 Å². The van der Waals surface area contributed by atoms with E-state index in [1.54, 1.807) is 0 Å². The van der Waals surface area contributed by atoms with Gasteiger partial charge >= 0.3 is 5.97 Å². The second kappa shape index (κ2) is 15.8. The van der Waals surface area contributed by atoms with Crippen LogP contribution < -0.4 is 0 Å². The fraction of sp³-hybridized carbons (Fsp3) is 0.909. The van der Waals surface area contributed by atoms with Crippen molar-refractivity contribution in [2.24, 2.45) is 5.92 Å². The molecule has 3 heteroatoms. The van der Waals surface area contributed by atoms with Crippen LogP contribution in [-0.4, -0.2) is 11.0 Å². The third-order valence-corrected chi connectivity index (χ3v) is 5.78. The van der Waals surface area contributed by atoms with Crippen molar-refractivity contribution in [1.82, 2.24) is 0 Å². The molecule has 1 saturated heterocycles. The van der Waals surface area contributed by atoms with E-state index in [1.165, 1.54) is 103 Å². The van der Waals surface area contributed by atoms with Crippen molar-refractivity contribution >= 4 is 23.2 Å². The molecule has 0 saturated carbocycles. The highest BCUT2D eigenvalue weighted by molar-refractivity contribution is 7.80. The minimum Gasteiger partial charge on any atom is -0.419 e. The lowest BCUT2D eigenvalue weighted by Gasteiger charge is -2.06. The van der Waals surface area contributed by atoms with Crippen molar-refractivity contribution in [1.29, 1.82) is 0 Å². The number of carbonyl (C=O) groups excluding carboxylic acids is 1. The van der Waals surface area contributed by atoms with Crippen LogP contribution in [0.4, 0.5) is 0 Å². The molecule has 146 valence electrons. The van der Waals surface area contributed by atoms with Gasteiger partial charge in [-0.15, -0.1) is 0 Å². The topological polar surface area (TPSA) is 26.3 Å². The molecule has 0 amide bonds. The number of cyclic esters (lactones) is 1. The van der Waals surface area contributed by atoms with Crippen LogP contribution in [0.15, 0.2) is 0 Å². The molecule has 1 atom stereocenters. The Hall–Kier alpha value is -0.440. The first kappa shape index (κ1) is 22.6. The molecule has 0 spiro atoms. The van der Waals surface area contributed by atoms with Crippen molar-refractivity contribution in [3.63, 3.8) is 0 Å². The Balaban J connectivity index is 1.72.